The minimum absolute atomic E-state index is 0.704. The number of pyridine rings is 1. The fraction of sp³-hybridized carbons (Fsp3) is 0.143. The van der Waals surface area contributed by atoms with Gasteiger partial charge in [-0.25, -0.2) is 5.53 Å². The number of hydrogen-bond donors (Lipinski definition) is 3. The van der Waals surface area contributed by atoms with Crippen molar-refractivity contribution < 1.29 is 0 Å². The first-order valence-corrected chi connectivity index (χ1v) is 3.63. The Morgan fingerprint density at radius 1 is 1.33 bits per heavy atom. The average Bonchev–Trinajstić information content (AvgIpc) is 2.58. The molecule has 2 rings (SSSR count). The van der Waals surface area contributed by atoms with Gasteiger partial charge in [0.05, 0.1) is 0 Å². The molecule has 0 spiro atoms. The van der Waals surface area contributed by atoms with Gasteiger partial charge >= 0.3 is 0 Å². The van der Waals surface area contributed by atoms with Crippen LogP contribution in [-0.4, -0.2) is 10.8 Å². The molecule has 0 saturated carbocycles. The fourth-order valence-corrected chi connectivity index (χ4v) is 0.928. The maximum Gasteiger partial charge on any atom is 0.189 e. The van der Waals surface area contributed by atoms with Gasteiger partial charge in [-0.15, -0.1) is 10.6 Å². The van der Waals surface area contributed by atoms with Crippen LogP contribution in [0.15, 0.2) is 23.4 Å². The van der Waals surface area contributed by atoms with Crippen molar-refractivity contribution in [3.8, 4) is 0 Å². The molecule has 1 aliphatic heterocycles. The quantitative estimate of drug-likeness (QED) is 0.530. The van der Waals surface area contributed by atoms with Crippen molar-refractivity contribution in [3.63, 3.8) is 0 Å². The maximum absolute atomic E-state index is 4.19. The number of hydrogen-bond acceptors (Lipinski definition) is 5. The van der Waals surface area contributed by atoms with E-state index < -0.39 is 0 Å². The number of nitrogens with zero attached hydrogens (tertiary/aromatic N) is 2. The monoisotopic (exact) mass is 163 g/mol. The van der Waals surface area contributed by atoms with Crippen LogP contribution in [0.2, 0.25) is 0 Å². The molecular formula is C7H9N5. The second kappa shape index (κ2) is 2.78. The number of aromatic nitrogens is 1. The zero-order valence-electron chi connectivity index (χ0n) is 6.63. The Kier molecular flexibility index (Phi) is 1.64. The number of nitrogens with one attached hydrogen (secondary N) is 3. The predicted molar refractivity (Wildman–Crippen MR) is 44.9 cm³/mol. The molecule has 1 aliphatic rings. The molecule has 0 amide bonds. The molecule has 2 heterocycles. The molecule has 1 aromatic rings. The number of aryl methyl sites for hydroxylation is 1. The Labute approximate surface area is 69.8 Å². The van der Waals surface area contributed by atoms with Crippen molar-refractivity contribution in [2.75, 3.05) is 0 Å². The molecule has 0 saturated heterocycles. The van der Waals surface area contributed by atoms with Gasteiger partial charge in [-0.2, -0.15) is 0 Å². The lowest BCUT2D eigenvalue weighted by Gasteiger charge is -1.98. The van der Waals surface area contributed by atoms with Crippen molar-refractivity contribution in [2.45, 2.75) is 6.92 Å². The van der Waals surface area contributed by atoms with Gasteiger partial charge in [-0.1, -0.05) is 6.07 Å². The zero-order chi connectivity index (χ0) is 8.39. The third-order valence-electron chi connectivity index (χ3n) is 1.56. The van der Waals surface area contributed by atoms with Crippen LogP contribution in [0.1, 0.15) is 11.3 Å². The molecule has 62 valence electrons. The summed E-state index contributed by atoms with van der Waals surface area (Å²) in [5.74, 6) is 0.704. The van der Waals surface area contributed by atoms with Gasteiger partial charge in [0.1, 0.15) is 5.69 Å². The van der Waals surface area contributed by atoms with Crippen LogP contribution in [0.25, 0.3) is 0 Å². The van der Waals surface area contributed by atoms with Crippen molar-refractivity contribution in [1.82, 2.24) is 21.5 Å². The number of hydrazone groups is 1. The molecule has 0 unspecified atom stereocenters. The van der Waals surface area contributed by atoms with Crippen molar-refractivity contribution in [2.24, 2.45) is 5.10 Å². The topological polar surface area (TPSA) is 61.3 Å². The van der Waals surface area contributed by atoms with Crippen LogP contribution in [-0.2, 0) is 0 Å². The first-order valence-electron chi connectivity index (χ1n) is 3.63. The Morgan fingerprint density at radius 2 is 2.25 bits per heavy atom. The molecule has 3 N–H and O–H groups in total. The van der Waals surface area contributed by atoms with Gasteiger partial charge in [-0.3, -0.25) is 10.4 Å². The zero-order valence-corrected chi connectivity index (χ0v) is 6.63. The Morgan fingerprint density at radius 3 is 2.83 bits per heavy atom. The van der Waals surface area contributed by atoms with Crippen LogP contribution < -0.4 is 16.5 Å². The minimum Gasteiger partial charge on any atom is -0.283 e. The second-order valence-corrected chi connectivity index (χ2v) is 2.54. The van der Waals surface area contributed by atoms with Crippen LogP contribution in [0.3, 0.4) is 0 Å². The van der Waals surface area contributed by atoms with E-state index in [4.69, 9.17) is 0 Å². The molecule has 1 aromatic heterocycles. The summed E-state index contributed by atoms with van der Waals surface area (Å²) in [6, 6.07) is 3.90. The molecule has 0 radical (unpaired) electrons. The predicted octanol–water partition coefficient (Wildman–Crippen LogP) is -0.336. The summed E-state index contributed by atoms with van der Waals surface area (Å²) in [4.78, 5) is 4.19. The number of amidine groups is 1. The van der Waals surface area contributed by atoms with Crippen LogP contribution in [0.4, 0.5) is 0 Å². The van der Waals surface area contributed by atoms with E-state index >= 15 is 0 Å². The van der Waals surface area contributed by atoms with Gasteiger partial charge < -0.3 is 0 Å². The minimum atomic E-state index is 0.704. The van der Waals surface area contributed by atoms with Crippen LogP contribution >= 0.6 is 0 Å². The molecule has 0 aromatic carbocycles. The largest absolute Gasteiger partial charge is 0.283 e. The molecule has 0 fully saturated rings. The highest BCUT2D eigenvalue weighted by molar-refractivity contribution is 5.97. The van der Waals surface area contributed by atoms with E-state index in [2.05, 4.69) is 26.6 Å². The molecule has 12 heavy (non-hydrogen) atoms. The first kappa shape index (κ1) is 7.05. The summed E-state index contributed by atoms with van der Waals surface area (Å²) in [6.45, 7) is 2.00. The lowest BCUT2D eigenvalue weighted by molar-refractivity contribution is 0.577. The standard InChI is InChI=1S/C7H9N5/c1-5-2-3-6(8-4-5)7-9-11-12-10-7/h2-4,11-12H,1H3,(H,9,10). The maximum atomic E-state index is 4.19. The third-order valence-corrected chi connectivity index (χ3v) is 1.56. The molecule has 0 aliphatic carbocycles. The van der Waals surface area contributed by atoms with E-state index in [0.717, 1.165) is 11.3 Å². The van der Waals surface area contributed by atoms with Gasteiger partial charge in [0.25, 0.3) is 0 Å². The third kappa shape index (κ3) is 1.22. The summed E-state index contributed by atoms with van der Waals surface area (Å²) >= 11 is 0. The molecule has 5 nitrogen and oxygen atoms in total. The smallest absolute Gasteiger partial charge is 0.189 e. The highest BCUT2D eigenvalue weighted by Gasteiger charge is 2.07. The number of rotatable bonds is 1. The highest BCUT2D eigenvalue weighted by Crippen LogP contribution is 1.99. The summed E-state index contributed by atoms with van der Waals surface area (Å²) in [5, 5.41) is 3.92. The lowest BCUT2D eigenvalue weighted by atomic mass is 10.2. The molecule has 0 atom stereocenters. The van der Waals surface area contributed by atoms with Gasteiger partial charge in [0.2, 0.25) is 0 Å². The van der Waals surface area contributed by atoms with Gasteiger partial charge in [0.15, 0.2) is 5.84 Å². The molecular weight excluding hydrogens is 154 g/mol. The van der Waals surface area contributed by atoms with Crippen LogP contribution in [0.5, 0.6) is 0 Å². The van der Waals surface area contributed by atoms with E-state index in [1.165, 1.54) is 0 Å². The van der Waals surface area contributed by atoms with Crippen molar-refractivity contribution in [3.05, 3.63) is 29.6 Å². The van der Waals surface area contributed by atoms with Crippen LogP contribution in [0, 0.1) is 6.92 Å². The Bertz CT molecular complexity index is 302. The summed E-state index contributed by atoms with van der Waals surface area (Å²) in [5.41, 5.74) is 9.99. The van der Waals surface area contributed by atoms with E-state index in [1.54, 1.807) is 6.20 Å². The Balaban J connectivity index is 2.28. The Hall–Kier alpha value is -1.62. The summed E-state index contributed by atoms with van der Waals surface area (Å²) in [6.07, 6.45) is 1.80. The second-order valence-electron chi connectivity index (χ2n) is 2.54. The van der Waals surface area contributed by atoms with E-state index in [-0.39, 0.29) is 0 Å². The molecule has 0 bridgehead atoms. The molecule has 5 heteroatoms. The summed E-state index contributed by atoms with van der Waals surface area (Å²) < 4.78 is 0. The highest BCUT2D eigenvalue weighted by atomic mass is 15.8. The first-order chi connectivity index (χ1) is 5.86. The fourth-order valence-electron chi connectivity index (χ4n) is 0.928. The average molecular weight is 163 g/mol. The SMILES string of the molecule is Cc1ccc(C2=NNNN2)nc1. The van der Waals surface area contributed by atoms with Gasteiger partial charge in [-0.05, 0) is 18.6 Å². The lowest BCUT2D eigenvalue weighted by Crippen LogP contribution is -2.35. The van der Waals surface area contributed by atoms with E-state index in [1.807, 2.05) is 19.1 Å². The van der Waals surface area contributed by atoms with E-state index in [9.17, 15) is 0 Å². The van der Waals surface area contributed by atoms with Gasteiger partial charge in [0, 0.05) is 6.20 Å². The summed E-state index contributed by atoms with van der Waals surface area (Å²) in [7, 11) is 0. The number of hydrazine groups is 2. The van der Waals surface area contributed by atoms with E-state index in [0.29, 0.717) is 5.84 Å². The van der Waals surface area contributed by atoms with Crippen molar-refractivity contribution >= 4 is 5.84 Å². The van der Waals surface area contributed by atoms with Crippen molar-refractivity contribution in [1.29, 1.82) is 0 Å². The normalized spacial score (nSPS) is 14.9.